The number of anilines is 1. The van der Waals surface area contributed by atoms with Crippen LogP contribution in [0.4, 0.5) is 5.69 Å². The van der Waals surface area contributed by atoms with Gasteiger partial charge in [-0.3, -0.25) is 9.59 Å². The SMILES string of the molecule is CCOc1cc(C=Nn2c(C)nc3ccc(Br)cc3c2=O)cc(Br)c1OCC(=O)Nc1ccccc1. The highest BCUT2D eigenvalue weighted by molar-refractivity contribution is 9.10. The molecule has 0 atom stereocenters. The van der Waals surface area contributed by atoms with Crippen LogP contribution in [0.15, 0.2) is 79.5 Å². The summed E-state index contributed by atoms with van der Waals surface area (Å²) >= 11 is 6.89. The van der Waals surface area contributed by atoms with Gasteiger partial charge in [-0.25, -0.2) is 4.98 Å². The molecule has 3 aromatic carbocycles. The molecular formula is C26H22Br2N4O4. The van der Waals surface area contributed by atoms with E-state index in [0.29, 0.717) is 50.6 Å². The molecule has 0 aliphatic rings. The second-order valence-corrected chi connectivity index (χ2v) is 9.42. The number of hydrogen-bond donors (Lipinski definition) is 1. The van der Waals surface area contributed by atoms with E-state index < -0.39 is 0 Å². The molecule has 0 spiro atoms. The molecule has 0 bridgehead atoms. The van der Waals surface area contributed by atoms with Gasteiger partial charge in [0, 0.05) is 10.2 Å². The van der Waals surface area contributed by atoms with Gasteiger partial charge in [-0.05, 0) is 77.8 Å². The summed E-state index contributed by atoms with van der Waals surface area (Å²) in [6.45, 7) is 3.76. The standard InChI is InChI=1S/C26H22Br2N4O4/c1-3-35-23-12-17(11-21(28)25(23)36-15-24(33)31-19-7-5-4-6-8-19)14-29-32-16(2)30-22-10-9-18(27)13-20(22)26(32)34/h4-14H,3,15H2,1-2H3,(H,31,33). The van der Waals surface area contributed by atoms with E-state index in [4.69, 9.17) is 9.47 Å². The van der Waals surface area contributed by atoms with Gasteiger partial charge in [0.2, 0.25) is 0 Å². The number of halogens is 2. The molecular weight excluding hydrogens is 592 g/mol. The number of carbonyl (C=O) groups excluding carboxylic acids is 1. The van der Waals surface area contributed by atoms with Crippen LogP contribution >= 0.6 is 31.9 Å². The topological polar surface area (TPSA) is 94.8 Å². The zero-order valence-electron chi connectivity index (χ0n) is 19.5. The van der Waals surface area contributed by atoms with Crippen LogP contribution in [0.3, 0.4) is 0 Å². The van der Waals surface area contributed by atoms with Gasteiger partial charge < -0.3 is 14.8 Å². The largest absolute Gasteiger partial charge is 0.490 e. The Hall–Kier alpha value is -3.50. The average molecular weight is 614 g/mol. The van der Waals surface area contributed by atoms with Crippen molar-refractivity contribution < 1.29 is 14.3 Å². The van der Waals surface area contributed by atoms with Crippen LogP contribution < -0.4 is 20.3 Å². The highest BCUT2D eigenvalue weighted by Gasteiger charge is 2.14. The van der Waals surface area contributed by atoms with Crippen molar-refractivity contribution in [2.75, 3.05) is 18.5 Å². The molecule has 0 radical (unpaired) electrons. The number of para-hydroxylation sites is 1. The number of aromatic nitrogens is 2. The Morgan fingerprint density at radius 1 is 1.11 bits per heavy atom. The molecule has 0 unspecified atom stereocenters. The van der Waals surface area contributed by atoms with Crippen LogP contribution in [0, 0.1) is 6.92 Å². The van der Waals surface area contributed by atoms with Crippen molar-refractivity contribution in [3.05, 3.63) is 91.4 Å². The number of rotatable bonds is 8. The highest BCUT2D eigenvalue weighted by atomic mass is 79.9. The molecule has 0 saturated heterocycles. The van der Waals surface area contributed by atoms with E-state index in [0.717, 1.165) is 4.47 Å². The summed E-state index contributed by atoms with van der Waals surface area (Å²) in [7, 11) is 0. The van der Waals surface area contributed by atoms with Gasteiger partial charge in [-0.1, -0.05) is 34.1 Å². The van der Waals surface area contributed by atoms with Gasteiger partial charge >= 0.3 is 0 Å². The van der Waals surface area contributed by atoms with Crippen LogP contribution in [0.25, 0.3) is 10.9 Å². The molecule has 0 saturated carbocycles. The maximum Gasteiger partial charge on any atom is 0.282 e. The summed E-state index contributed by atoms with van der Waals surface area (Å²) in [6, 6.07) is 18.0. The van der Waals surface area contributed by atoms with Gasteiger partial charge in [-0.15, -0.1) is 0 Å². The second-order valence-electron chi connectivity index (χ2n) is 7.65. The van der Waals surface area contributed by atoms with Crippen molar-refractivity contribution in [3.63, 3.8) is 0 Å². The zero-order valence-corrected chi connectivity index (χ0v) is 22.7. The van der Waals surface area contributed by atoms with E-state index in [9.17, 15) is 9.59 Å². The predicted octanol–water partition coefficient (Wildman–Crippen LogP) is 5.53. The smallest absolute Gasteiger partial charge is 0.282 e. The first kappa shape index (κ1) is 25.6. The van der Waals surface area contributed by atoms with Crippen LogP contribution in [0.2, 0.25) is 0 Å². The molecule has 1 heterocycles. The number of fused-ring (bicyclic) bond motifs is 1. The third-order valence-electron chi connectivity index (χ3n) is 5.03. The molecule has 0 fully saturated rings. The Balaban J connectivity index is 1.58. The van der Waals surface area contributed by atoms with E-state index in [-0.39, 0.29) is 18.1 Å². The van der Waals surface area contributed by atoms with Crippen LogP contribution in [0.1, 0.15) is 18.3 Å². The van der Waals surface area contributed by atoms with Gasteiger partial charge in [0.25, 0.3) is 11.5 Å². The number of carbonyl (C=O) groups is 1. The molecule has 0 aliphatic carbocycles. The Morgan fingerprint density at radius 2 is 1.89 bits per heavy atom. The lowest BCUT2D eigenvalue weighted by atomic mass is 10.2. The first-order valence-corrected chi connectivity index (χ1v) is 12.6. The number of ether oxygens (including phenoxy) is 2. The van der Waals surface area contributed by atoms with E-state index in [1.807, 2.05) is 31.2 Å². The summed E-state index contributed by atoms with van der Waals surface area (Å²) in [5.74, 6) is 0.985. The van der Waals surface area contributed by atoms with Crippen LogP contribution in [0.5, 0.6) is 11.5 Å². The number of aryl methyl sites for hydroxylation is 1. The van der Waals surface area contributed by atoms with Crippen molar-refractivity contribution in [3.8, 4) is 11.5 Å². The van der Waals surface area contributed by atoms with Crippen molar-refractivity contribution in [2.24, 2.45) is 5.10 Å². The number of benzene rings is 3. The Labute approximate surface area is 224 Å². The summed E-state index contributed by atoms with van der Waals surface area (Å²) < 4.78 is 14.1. The quantitative estimate of drug-likeness (QED) is 0.264. The number of amides is 1. The number of nitrogens with zero attached hydrogens (tertiary/aromatic N) is 3. The summed E-state index contributed by atoms with van der Waals surface area (Å²) in [6.07, 6.45) is 1.54. The fraction of sp³-hybridized carbons (Fsp3) is 0.154. The molecule has 4 aromatic rings. The minimum Gasteiger partial charge on any atom is -0.490 e. The summed E-state index contributed by atoms with van der Waals surface area (Å²) in [5.41, 5.74) is 1.67. The van der Waals surface area contributed by atoms with E-state index in [2.05, 4.69) is 47.3 Å². The average Bonchev–Trinajstić information content (AvgIpc) is 2.85. The lowest BCUT2D eigenvalue weighted by Gasteiger charge is -2.14. The molecule has 1 amide bonds. The van der Waals surface area contributed by atoms with Gasteiger partial charge in [-0.2, -0.15) is 9.78 Å². The third-order valence-corrected chi connectivity index (χ3v) is 6.11. The van der Waals surface area contributed by atoms with Gasteiger partial charge in [0.15, 0.2) is 18.1 Å². The summed E-state index contributed by atoms with van der Waals surface area (Å²) in [4.78, 5) is 29.8. The summed E-state index contributed by atoms with van der Waals surface area (Å²) in [5, 5.41) is 7.60. The van der Waals surface area contributed by atoms with E-state index in [1.54, 1.807) is 49.5 Å². The minimum atomic E-state index is -0.300. The van der Waals surface area contributed by atoms with Gasteiger partial charge in [0.1, 0.15) is 5.82 Å². The highest BCUT2D eigenvalue weighted by Crippen LogP contribution is 2.36. The maximum atomic E-state index is 13.0. The Bertz CT molecular complexity index is 1500. The van der Waals surface area contributed by atoms with E-state index >= 15 is 0 Å². The molecule has 8 nitrogen and oxygen atoms in total. The maximum absolute atomic E-state index is 13.0. The monoisotopic (exact) mass is 612 g/mol. The fourth-order valence-electron chi connectivity index (χ4n) is 3.44. The lowest BCUT2D eigenvalue weighted by Crippen LogP contribution is -2.21. The van der Waals surface area contributed by atoms with Crippen molar-refractivity contribution in [1.29, 1.82) is 0 Å². The molecule has 184 valence electrons. The van der Waals surface area contributed by atoms with Crippen molar-refractivity contribution in [1.82, 2.24) is 9.66 Å². The number of hydrogen-bond acceptors (Lipinski definition) is 6. The molecule has 0 aliphatic heterocycles. The number of nitrogens with one attached hydrogen (secondary N) is 1. The van der Waals surface area contributed by atoms with Crippen LogP contribution in [-0.2, 0) is 4.79 Å². The van der Waals surface area contributed by atoms with Gasteiger partial charge in [0.05, 0.1) is 28.2 Å². The van der Waals surface area contributed by atoms with E-state index in [1.165, 1.54) is 4.68 Å². The molecule has 36 heavy (non-hydrogen) atoms. The van der Waals surface area contributed by atoms with Crippen molar-refractivity contribution in [2.45, 2.75) is 13.8 Å². The van der Waals surface area contributed by atoms with Crippen molar-refractivity contribution >= 4 is 60.6 Å². The first-order chi connectivity index (χ1) is 17.4. The fourth-order valence-corrected chi connectivity index (χ4v) is 4.38. The molecule has 1 aromatic heterocycles. The Morgan fingerprint density at radius 3 is 2.64 bits per heavy atom. The predicted molar refractivity (Wildman–Crippen MR) is 147 cm³/mol. The zero-order chi connectivity index (χ0) is 25.7. The molecule has 10 heteroatoms. The lowest BCUT2D eigenvalue weighted by molar-refractivity contribution is -0.118. The Kier molecular flexibility index (Phi) is 8.17. The molecule has 4 rings (SSSR count). The third kappa shape index (κ3) is 6.00. The first-order valence-electron chi connectivity index (χ1n) is 11.0. The second kappa shape index (κ2) is 11.5. The van der Waals surface area contributed by atoms with Crippen LogP contribution in [-0.4, -0.2) is 35.0 Å². The molecule has 1 N–H and O–H groups in total. The minimum absolute atomic E-state index is 0.200. The normalized spacial score (nSPS) is 11.1.